The summed E-state index contributed by atoms with van der Waals surface area (Å²) in [5.41, 5.74) is 10.2. The number of furan rings is 1. The van der Waals surface area contributed by atoms with Crippen molar-refractivity contribution in [3.05, 3.63) is 140 Å². The number of fused-ring (bicyclic) bond motifs is 6. The Balaban J connectivity index is 1.54. The van der Waals surface area contributed by atoms with Gasteiger partial charge < -0.3 is 13.6 Å². The molecule has 4 heteroatoms. The third-order valence-electron chi connectivity index (χ3n) is 8.32. The average molecular weight is 540 g/mol. The van der Waals surface area contributed by atoms with Gasteiger partial charge in [-0.05, 0) is 53.9 Å². The number of aryl methyl sites for hydroxylation is 1. The maximum Gasteiger partial charge on any atom is 0.160 e. The topological polar surface area (TPSA) is 45.7 Å². The van der Waals surface area contributed by atoms with Crippen molar-refractivity contribution < 1.29 is 8.98 Å². The zero-order valence-corrected chi connectivity index (χ0v) is 23.0. The summed E-state index contributed by atoms with van der Waals surface area (Å²) in [6.07, 6.45) is 1.94. The van der Waals surface area contributed by atoms with Crippen molar-refractivity contribution in [1.29, 1.82) is 5.26 Å². The molecular weight excluding hydrogens is 514 g/mol. The molecule has 4 nitrogen and oxygen atoms in total. The van der Waals surface area contributed by atoms with Crippen LogP contribution in [0.15, 0.2) is 126 Å². The van der Waals surface area contributed by atoms with E-state index >= 15 is 0 Å². The molecule has 198 valence electrons. The van der Waals surface area contributed by atoms with Gasteiger partial charge in [0, 0.05) is 34.2 Å². The minimum absolute atomic E-state index is 0.555. The predicted molar refractivity (Wildman–Crippen MR) is 169 cm³/mol. The molecule has 0 unspecified atom stereocenters. The van der Waals surface area contributed by atoms with Gasteiger partial charge in [0.15, 0.2) is 5.58 Å². The lowest BCUT2D eigenvalue weighted by Gasteiger charge is -2.11. The first-order chi connectivity index (χ1) is 20.7. The molecule has 5 aromatic carbocycles. The first-order valence-electron chi connectivity index (χ1n) is 13.9. The fraction of sp³-hybridized carbons (Fsp3) is 0.0263. The molecule has 0 saturated carbocycles. The molecule has 0 spiro atoms. The van der Waals surface area contributed by atoms with Crippen molar-refractivity contribution in [1.82, 2.24) is 4.57 Å². The van der Waals surface area contributed by atoms with Gasteiger partial charge in [-0.1, -0.05) is 84.9 Å². The number of nitrogens with zero attached hydrogens (tertiary/aromatic N) is 3. The van der Waals surface area contributed by atoms with Crippen molar-refractivity contribution in [2.75, 3.05) is 0 Å². The molecule has 0 atom stereocenters. The van der Waals surface area contributed by atoms with Crippen molar-refractivity contribution in [2.45, 2.75) is 6.92 Å². The Morgan fingerprint density at radius 2 is 1.45 bits per heavy atom. The molecule has 0 aliphatic carbocycles. The fourth-order valence-electron chi connectivity index (χ4n) is 6.44. The number of pyridine rings is 1. The highest BCUT2D eigenvalue weighted by molar-refractivity contribution is 6.18. The number of nitriles is 1. The van der Waals surface area contributed by atoms with Crippen LogP contribution >= 0.6 is 0 Å². The lowest BCUT2D eigenvalue weighted by Crippen LogP contribution is -2.27. The Hall–Kier alpha value is -5.79. The fourth-order valence-corrected chi connectivity index (χ4v) is 6.44. The van der Waals surface area contributed by atoms with Crippen LogP contribution in [-0.2, 0) is 0 Å². The van der Waals surface area contributed by atoms with Crippen LogP contribution in [0.3, 0.4) is 0 Å². The van der Waals surface area contributed by atoms with Gasteiger partial charge in [0.1, 0.15) is 23.0 Å². The van der Waals surface area contributed by atoms with Gasteiger partial charge in [-0.3, -0.25) is 0 Å². The van der Waals surface area contributed by atoms with E-state index in [1.165, 1.54) is 0 Å². The minimum atomic E-state index is 0.555. The molecule has 0 saturated heterocycles. The van der Waals surface area contributed by atoms with Gasteiger partial charge in [-0.2, -0.15) is 5.26 Å². The third-order valence-corrected chi connectivity index (χ3v) is 8.32. The zero-order valence-electron chi connectivity index (χ0n) is 23.0. The second-order valence-electron chi connectivity index (χ2n) is 10.7. The molecule has 3 aromatic heterocycles. The van der Waals surface area contributed by atoms with Crippen LogP contribution in [0.25, 0.3) is 71.8 Å². The normalized spacial score (nSPS) is 11.5. The van der Waals surface area contributed by atoms with Gasteiger partial charge >= 0.3 is 0 Å². The number of rotatable bonds is 3. The predicted octanol–water partition coefficient (Wildman–Crippen LogP) is 9.12. The Morgan fingerprint density at radius 3 is 2.29 bits per heavy atom. The summed E-state index contributed by atoms with van der Waals surface area (Å²) < 4.78 is 10.9. The number of benzene rings is 5. The van der Waals surface area contributed by atoms with Crippen LogP contribution in [0.1, 0.15) is 11.1 Å². The van der Waals surface area contributed by atoms with Crippen LogP contribution in [0.2, 0.25) is 0 Å². The first kappa shape index (κ1) is 24.0. The highest BCUT2D eigenvalue weighted by Gasteiger charge is 2.24. The third kappa shape index (κ3) is 3.34. The van der Waals surface area contributed by atoms with Crippen LogP contribution in [0.5, 0.6) is 0 Å². The molecule has 0 radical (unpaired) electrons. The van der Waals surface area contributed by atoms with E-state index in [0.717, 1.165) is 71.8 Å². The van der Waals surface area contributed by atoms with Crippen LogP contribution in [-0.4, -0.2) is 4.57 Å². The molecule has 8 aromatic rings. The number of para-hydroxylation sites is 1. The maximum atomic E-state index is 10.4. The second kappa shape index (κ2) is 9.12. The minimum Gasteiger partial charge on any atom is -0.454 e. The molecular formula is C38H25N3O. The average Bonchev–Trinajstić information content (AvgIpc) is 3.57. The van der Waals surface area contributed by atoms with Crippen LogP contribution < -0.4 is 4.57 Å². The van der Waals surface area contributed by atoms with Crippen molar-refractivity contribution in [3.8, 4) is 34.1 Å². The van der Waals surface area contributed by atoms with Crippen LogP contribution in [0, 0.1) is 25.3 Å². The molecule has 0 N–H and O–H groups in total. The lowest BCUT2D eigenvalue weighted by atomic mass is 9.99. The van der Waals surface area contributed by atoms with Gasteiger partial charge in [0.2, 0.25) is 0 Å². The number of hydrogen-bond donors (Lipinski definition) is 0. The van der Waals surface area contributed by atoms with Gasteiger partial charge in [-0.15, -0.1) is 0 Å². The Labute approximate surface area is 242 Å². The molecule has 0 bridgehead atoms. The summed E-state index contributed by atoms with van der Waals surface area (Å²) in [6, 6.07) is 41.9. The van der Waals surface area contributed by atoms with Gasteiger partial charge in [0.25, 0.3) is 0 Å². The number of aromatic nitrogens is 2. The quantitative estimate of drug-likeness (QED) is 0.166. The Bertz CT molecular complexity index is 2390. The Morgan fingerprint density at radius 1 is 0.714 bits per heavy atom. The van der Waals surface area contributed by atoms with E-state index in [4.69, 9.17) is 4.42 Å². The molecule has 0 aliphatic heterocycles. The van der Waals surface area contributed by atoms with Gasteiger partial charge in [-0.25, -0.2) is 0 Å². The molecule has 42 heavy (non-hydrogen) atoms. The van der Waals surface area contributed by atoms with E-state index in [0.29, 0.717) is 11.1 Å². The lowest BCUT2D eigenvalue weighted by molar-refractivity contribution is -0.600. The SMILES string of the molecule is [CH2-][n+]1ccccc1-c1c(C)ccc2c1oc1c(-n3c4ccccc4c4c(-c5ccccc5)cccc43)c(C#N)ccc12. The van der Waals surface area contributed by atoms with E-state index in [9.17, 15) is 5.26 Å². The zero-order chi connectivity index (χ0) is 28.4. The van der Waals surface area contributed by atoms with Crippen molar-refractivity contribution >= 4 is 43.7 Å². The highest BCUT2D eigenvalue weighted by atomic mass is 16.3. The summed E-state index contributed by atoms with van der Waals surface area (Å²) in [5, 5.41) is 14.7. The summed E-state index contributed by atoms with van der Waals surface area (Å²) >= 11 is 0. The van der Waals surface area contributed by atoms with E-state index in [1.807, 2.05) is 41.1 Å². The molecule has 8 rings (SSSR count). The standard InChI is InChI=1S/C38H25N3O/c1-24-18-20-28-29-21-19-26(23-39)36(38(29)42-37(28)34(24)32-16-8-9-22-40(32)2)41-31-15-7-6-13-30(31)35-27(14-10-17-33(35)41)25-11-4-3-5-12-25/h3-22H,2H2,1H3. The van der Waals surface area contributed by atoms with Gasteiger partial charge in [0.05, 0.1) is 22.8 Å². The summed E-state index contributed by atoms with van der Waals surface area (Å²) in [4.78, 5) is 0. The highest BCUT2D eigenvalue weighted by Crippen LogP contribution is 2.44. The van der Waals surface area contributed by atoms with E-state index in [2.05, 4.69) is 110 Å². The summed E-state index contributed by atoms with van der Waals surface area (Å²) in [7, 11) is 4.21. The van der Waals surface area contributed by atoms with E-state index in [1.54, 1.807) is 0 Å². The summed E-state index contributed by atoms with van der Waals surface area (Å²) in [5.74, 6) is 0. The molecule has 0 fully saturated rings. The van der Waals surface area contributed by atoms with Crippen LogP contribution in [0.4, 0.5) is 0 Å². The van der Waals surface area contributed by atoms with E-state index < -0.39 is 0 Å². The van der Waals surface area contributed by atoms with E-state index in [-0.39, 0.29) is 0 Å². The van der Waals surface area contributed by atoms with Crippen molar-refractivity contribution in [3.63, 3.8) is 0 Å². The molecule has 3 heterocycles. The smallest absolute Gasteiger partial charge is 0.160 e. The second-order valence-corrected chi connectivity index (χ2v) is 10.7. The van der Waals surface area contributed by atoms with Crippen molar-refractivity contribution in [2.24, 2.45) is 0 Å². The summed E-state index contributed by atoms with van der Waals surface area (Å²) in [6.45, 7) is 2.09. The maximum absolute atomic E-state index is 10.4. The Kier molecular flexibility index (Phi) is 5.22. The monoisotopic (exact) mass is 539 g/mol. The molecule has 0 aliphatic rings. The first-order valence-corrected chi connectivity index (χ1v) is 13.9. The number of hydrogen-bond acceptors (Lipinski definition) is 2. The largest absolute Gasteiger partial charge is 0.454 e. The molecule has 0 amide bonds.